The van der Waals surface area contributed by atoms with Crippen molar-refractivity contribution < 1.29 is 9.47 Å². The van der Waals surface area contributed by atoms with E-state index in [-0.39, 0.29) is 12.4 Å². The van der Waals surface area contributed by atoms with E-state index in [2.05, 4.69) is 53.5 Å². The number of fused-ring (bicyclic) bond motifs is 2. The summed E-state index contributed by atoms with van der Waals surface area (Å²) in [5.41, 5.74) is 3.44. The average molecular weight is 380 g/mol. The second-order valence-electron chi connectivity index (χ2n) is 6.48. The van der Waals surface area contributed by atoms with Gasteiger partial charge in [0.05, 0.1) is 14.2 Å². The van der Waals surface area contributed by atoms with Gasteiger partial charge in [-0.15, -0.1) is 12.4 Å². The van der Waals surface area contributed by atoms with E-state index in [1.54, 1.807) is 14.2 Å². The smallest absolute Gasteiger partial charge is 0.161 e. The quantitative estimate of drug-likeness (QED) is 0.454. The number of benzene rings is 3. The molecular weight excluding hydrogens is 358 g/mol. The van der Waals surface area contributed by atoms with Crippen LogP contribution in [0.4, 0.5) is 0 Å². The third-order valence-electron chi connectivity index (χ3n) is 4.88. The van der Waals surface area contributed by atoms with Gasteiger partial charge in [0.25, 0.3) is 0 Å². The zero-order chi connectivity index (χ0) is 18.1. The highest BCUT2D eigenvalue weighted by Crippen LogP contribution is 2.35. The van der Waals surface area contributed by atoms with Crippen molar-refractivity contribution in [2.75, 3.05) is 14.2 Å². The predicted molar refractivity (Wildman–Crippen MR) is 114 cm³/mol. The van der Waals surface area contributed by atoms with Gasteiger partial charge in [-0.2, -0.15) is 0 Å². The lowest BCUT2D eigenvalue weighted by atomic mass is 9.97. The van der Waals surface area contributed by atoms with Gasteiger partial charge in [0.1, 0.15) is 0 Å². The van der Waals surface area contributed by atoms with Crippen molar-refractivity contribution in [1.82, 2.24) is 4.98 Å². The predicted octanol–water partition coefficient (Wildman–Crippen LogP) is 5.73. The van der Waals surface area contributed by atoms with E-state index in [9.17, 15) is 0 Å². The molecule has 0 radical (unpaired) electrons. The van der Waals surface area contributed by atoms with Gasteiger partial charge in [-0.05, 0) is 52.8 Å². The summed E-state index contributed by atoms with van der Waals surface area (Å²) in [5, 5.41) is 4.77. The maximum absolute atomic E-state index is 5.50. The van der Waals surface area contributed by atoms with E-state index in [0.717, 1.165) is 34.4 Å². The Hall–Kier alpha value is -2.78. The zero-order valence-corrected chi connectivity index (χ0v) is 16.5. The summed E-state index contributed by atoms with van der Waals surface area (Å²) in [6.45, 7) is 2.02. The van der Waals surface area contributed by atoms with Crippen LogP contribution >= 0.6 is 12.4 Å². The molecule has 1 heterocycles. The van der Waals surface area contributed by atoms with Gasteiger partial charge >= 0.3 is 0 Å². The number of halogens is 1. The van der Waals surface area contributed by atoms with Crippen LogP contribution in [0.15, 0.2) is 60.8 Å². The van der Waals surface area contributed by atoms with Gasteiger partial charge in [-0.1, -0.05) is 42.5 Å². The zero-order valence-electron chi connectivity index (χ0n) is 15.7. The number of ether oxygens (including phenoxy) is 2. The Bertz CT molecular complexity index is 1110. The molecular formula is C23H22ClNO2. The van der Waals surface area contributed by atoms with E-state index >= 15 is 0 Å². The molecule has 0 unspecified atom stereocenters. The first-order valence-corrected chi connectivity index (χ1v) is 8.67. The standard InChI is InChI=1S/C23H21NO2.ClH/c1-15-20-12-22(25-2)23(26-3)13-21(20)19(14-24-15)11-16-8-9-17-6-4-5-7-18(17)10-16;/h4-10,12-14H,11H2,1-3H3;1H. The van der Waals surface area contributed by atoms with E-state index in [1.807, 2.05) is 19.2 Å². The lowest BCUT2D eigenvalue weighted by molar-refractivity contribution is 0.356. The number of pyridine rings is 1. The minimum atomic E-state index is 0. The van der Waals surface area contributed by atoms with Crippen LogP contribution in [0, 0.1) is 6.92 Å². The number of nitrogens with zero attached hydrogens (tertiary/aromatic N) is 1. The van der Waals surface area contributed by atoms with E-state index in [0.29, 0.717) is 0 Å². The van der Waals surface area contributed by atoms with Crippen molar-refractivity contribution in [3.05, 3.63) is 77.6 Å². The van der Waals surface area contributed by atoms with Gasteiger partial charge in [-0.25, -0.2) is 0 Å². The van der Waals surface area contributed by atoms with E-state index < -0.39 is 0 Å². The molecule has 0 fully saturated rings. The van der Waals surface area contributed by atoms with Crippen molar-refractivity contribution in [3.8, 4) is 11.5 Å². The van der Waals surface area contributed by atoms with Crippen LogP contribution in [-0.2, 0) is 6.42 Å². The summed E-state index contributed by atoms with van der Waals surface area (Å²) in [7, 11) is 3.33. The Morgan fingerprint density at radius 3 is 2.19 bits per heavy atom. The maximum atomic E-state index is 5.50. The SMILES string of the molecule is COc1cc2c(Cc3ccc4ccccc4c3)cnc(C)c2cc1OC.Cl. The van der Waals surface area contributed by atoms with Crippen molar-refractivity contribution in [1.29, 1.82) is 0 Å². The molecule has 138 valence electrons. The van der Waals surface area contributed by atoms with Gasteiger partial charge in [0, 0.05) is 17.3 Å². The fourth-order valence-corrected chi connectivity index (χ4v) is 3.47. The highest BCUT2D eigenvalue weighted by Gasteiger charge is 2.12. The number of aromatic nitrogens is 1. The molecule has 0 saturated carbocycles. The van der Waals surface area contributed by atoms with E-state index in [1.165, 1.54) is 21.9 Å². The minimum Gasteiger partial charge on any atom is -0.493 e. The first-order chi connectivity index (χ1) is 12.7. The lowest BCUT2D eigenvalue weighted by Crippen LogP contribution is -1.97. The van der Waals surface area contributed by atoms with Crippen molar-refractivity contribution >= 4 is 34.0 Å². The molecule has 3 nitrogen and oxygen atoms in total. The number of methoxy groups -OCH3 is 2. The molecule has 4 rings (SSSR count). The molecule has 1 aromatic heterocycles. The molecule has 0 aliphatic rings. The van der Waals surface area contributed by atoms with Crippen molar-refractivity contribution in [2.24, 2.45) is 0 Å². The second kappa shape index (κ2) is 7.85. The molecule has 4 heteroatoms. The third kappa shape index (κ3) is 3.56. The third-order valence-corrected chi connectivity index (χ3v) is 4.88. The molecule has 0 aliphatic heterocycles. The fraction of sp³-hybridized carbons (Fsp3) is 0.174. The molecule has 4 aromatic rings. The van der Waals surface area contributed by atoms with Crippen LogP contribution in [0.25, 0.3) is 21.5 Å². The topological polar surface area (TPSA) is 31.4 Å². The average Bonchev–Trinajstić information content (AvgIpc) is 2.69. The molecule has 0 amide bonds. The van der Waals surface area contributed by atoms with Crippen molar-refractivity contribution in [2.45, 2.75) is 13.3 Å². The summed E-state index contributed by atoms with van der Waals surface area (Å²) >= 11 is 0. The summed E-state index contributed by atoms with van der Waals surface area (Å²) < 4.78 is 11.0. The van der Waals surface area contributed by atoms with Crippen molar-refractivity contribution in [3.63, 3.8) is 0 Å². The first-order valence-electron chi connectivity index (χ1n) is 8.67. The molecule has 0 spiro atoms. The van der Waals surface area contributed by atoms with Gasteiger partial charge in [0.15, 0.2) is 11.5 Å². The molecule has 0 bridgehead atoms. The lowest BCUT2D eigenvalue weighted by Gasteiger charge is -2.13. The summed E-state index contributed by atoms with van der Waals surface area (Å²) in [5.74, 6) is 1.47. The van der Waals surface area contributed by atoms with Gasteiger partial charge < -0.3 is 9.47 Å². The molecule has 0 atom stereocenters. The normalized spacial score (nSPS) is 10.6. The molecule has 3 aromatic carbocycles. The number of hydrogen-bond acceptors (Lipinski definition) is 3. The summed E-state index contributed by atoms with van der Waals surface area (Å²) in [6, 6.07) is 19.1. The van der Waals surface area contributed by atoms with Crippen LogP contribution in [-0.4, -0.2) is 19.2 Å². The Morgan fingerprint density at radius 1 is 0.815 bits per heavy atom. The Morgan fingerprint density at radius 2 is 1.48 bits per heavy atom. The Kier molecular flexibility index (Phi) is 5.52. The second-order valence-corrected chi connectivity index (χ2v) is 6.48. The van der Waals surface area contributed by atoms with E-state index in [4.69, 9.17) is 9.47 Å². The molecule has 0 N–H and O–H groups in total. The summed E-state index contributed by atoms with van der Waals surface area (Å²) in [4.78, 5) is 4.60. The highest BCUT2D eigenvalue weighted by molar-refractivity contribution is 5.91. The van der Waals surface area contributed by atoms with Crippen LogP contribution in [0.3, 0.4) is 0 Å². The van der Waals surface area contributed by atoms with Crippen LogP contribution < -0.4 is 9.47 Å². The monoisotopic (exact) mass is 379 g/mol. The van der Waals surface area contributed by atoms with Gasteiger partial charge in [0.2, 0.25) is 0 Å². The number of hydrogen-bond donors (Lipinski definition) is 0. The number of aryl methyl sites for hydroxylation is 1. The van der Waals surface area contributed by atoms with Crippen LogP contribution in [0.5, 0.6) is 11.5 Å². The molecule has 27 heavy (non-hydrogen) atoms. The fourth-order valence-electron chi connectivity index (χ4n) is 3.47. The largest absolute Gasteiger partial charge is 0.493 e. The Balaban J connectivity index is 0.00000210. The maximum Gasteiger partial charge on any atom is 0.161 e. The molecule has 0 aliphatic carbocycles. The number of rotatable bonds is 4. The Labute approximate surface area is 165 Å². The molecule has 0 saturated heterocycles. The van der Waals surface area contributed by atoms with Gasteiger partial charge in [-0.3, -0.25) is 4.98 Å². The summed E-state index contributed by atoms with van der Waals surface area (Å²) in [6.07, 6.45) is 2.79. The van der Waals surface area contributed by atoms with Crippen LogP contribution in [0.1, 0.15) is 16.8 Å². The highest BCUT2D eigenvalue weighted by atomic mass is 35.5. The van der Waals surface area contributed by atoms with Crippen LogP contribution in [0.2, 0.25) is 0 Å². The first kappa shape index (κ1) is 19.0. The minimum absolute atomic E-state index is 0.